The summed E-state index contributed by atoms with van der Waals surface area (Å²) in [4.78, 5) is 0. The first-order valence-electron chi connectivity index (χ1n) is 7.15. The lowest BCUT2D eigenvalue weighted by Gasteiger charge is -2.25. The van der Waals surface area contributed by atoms with Crippen LogP contribution in [0.1, 0.15) is 37.9 Å². The molecule has 0 radical (unpaired) electrons. The Balaban J connectivity index is 2.02. The average Bonchev–Trinajstić information content (AvgIpc) is 2.47. The van der Waals surface area contributed by atoms with Crippen LogP contribution < -0.4 is 16.2 Å². The van der Waals surface area contributed by atoms with Gasteiger partial charge in [-0.05, 0) is 42.7 Å². The molecule has 0 aromatic heterocycles. The molecule has 1 aliphatic rings. The van der Waals surface area contributed by atoms with Gasteiger partial charge in [-0.3, -0.25) is 5.43 Å². The third-order valence-corrected chi connectivity index (χ3v) is 3.50. The van der Waals surface area contributed by atoms with E-state index in [0.29, 0.717) is 5.92 Å². The summed E-state index contributed by atoms with van der Waals surface area (Å²) in [5.74, 6) is 1.16. The molecule has 2 rings (SSSR count). The number of allylic oxidation sites excluding steroid dienone is 3. The molecule has 0 aliphatic carbocycles. The first kappa shape index (κ1) is 16.3. The third kappa shape index (κ3) is 3.96. The number of nitrogens with one attached hydrogen (secondary N) is 3. The minimum absolute atomic E-state index is 0.114. The molecule has 0 fully saturated rings. The molecule has 0 unspecified atom stereocenters. The van der Waals surface area contributed by atoms with Crippen molar-refractivity contribution < 1.29 is 13.2 Å². The van der Waals surface area contributed by atoms with Crippen LogP contribution in [0.25, 0.3) is 0 Å². The van der Waals surface area contributed by atoms with E-state index in [1.165, 1.54) is 12.1 Å². The summed E-state index contributed by atoms with van der Waals surface area (Å²) in [6.45, 7) is 6.06. The molecule has 0 saturated heterocycles. The molecule has 0 saturated carbocycles. The highest BCUT2D eigenvalue weighted by atomic mass is 19.4. The number of halogens is 3. The predicted molar refractivity (Wildman–Crippen MR) is 80.3 cm³/mol. The number of hydrogen-bond acceptors (Lipinski definition) is 3. The van der Waals surface area contributed by atoms with Crippen molar-refractivity contribution in [2.45, 2.75) is 33.0 Å². The van der Waals surface area contributed by atoms with Gasteiger partial charge in [-0.2, -0.15) is 13.2 Å². The molecule has 1 atom stereocenters. The van der Waals surface area contributed by atoms with E-state index < -0.39 is 11.7 Å². The summed E-state index contributed by atoms with van der Waals surface area (Å²) in [5, 5.41) is 3.21. The molecular formula is C16H20F3N3. The summed E-state index contributed by atoms with van der Waals surface area (Å²) in [6.07, 6.45) is -0.417. The van der Waals surface area contributed by atoms with Crippen LogP contribution in [-0.2, 0) is 6.18 Å². The van der Waals surface area contributed by atoms with Gasteiger partial charge in [0.05, 0.1) is 5.56 Å². The van der Waals surface area contributed by atoms with Crippen molar-refractivity contribution in [1.29, 1.82) is 0 Å². The molecule has 3 N–H and O–H groups in total. The number of hydrazine groups is 1. The third-order valence-electron chi connectivity index (χ3n) is 3.50. The molecule has 3 nitrogen and oxygen atoms in total. The number of hydrogen-bond donors (Lipinski definition) is 3. The van der Waals surface area contributed by atoms with E-state index in [4.69, 9.17) is 0 Å². The van der Waals surface area contributed by atoms with Gasteiger partial charge in [-0.1, -0.05) is 26.0 Å². The lowest BCUT2D eigenvalue weighted by Crippen LogP contribution is -2.40. The maximum atomic E-state index is 12.5. The van der Waals surface area contributed by atoms with Crippen molar-refractivity contribution in [3.05, 3.63) is 59.1 Å². The second-order valence-corrected chi connectivity index (χ2v) is 5.59. The SMILES string of the molecule is CC(C)C1=CC=C(N[C@@H](C)c2ccc(C(F)(F)F)cc2)NN1. The van der Waals surface area contributed by atoms with E-state index in [0.717, 1.165) is 29.2 Å². The maximum Gasteiger partial charge on any atom is 0.416 e. The summed E-state index contributed by atoms with van der Waals surface area (Å²) in [5.41, 5.74) is 7.35. The zero-order valence-electron chi connectivity index (χ0n) is 12.8. The summed E-state index contributed by atoms with van der Waals surface area (Å²) in [7, 11) is 0. The molecule has 120 valence electrons. The summed E-state index contributed by atoms with van der Waals surface area (Å²) >= 11 is 0. The van der Waals surface area contributed by atoms with Crippen LogP contribution in [0.3, 0.4) is 0 Å². The predicted octanol–water partition coefficient (Wildman–Crippen LogP) is 3.85. The highest BCUT2D eigenvalue weighted by molar-refractivity contribution is 5.28. The van der Waals surface area contributed by atoms with E-state index in [1.807, 2.05) is 19.1 Å². The zero-order chi connectivity index (χ0) is 16.3. The molecule has 6 heteroatoms. The Bertz CT molecular complexity index is 571. The summed E-state index contributed by atoms with van der Waals surface area (Å²) < 4.78 is 37.6. The smallest absolute Gasteiger partial charge is 0.364 e. The lowest BCUT2D eigenvalue weighted by atomic mass is 10.1. The Morgan fingerprint density at radius 3 is 2.05 bits per heavy atom. The van der Waals surface area contributed by atoms with Gasteiger partial charge in [0.1, 0.15) is 5.82 Å². The van der Waals surface area contributed by atoms with E-state index in [2.05, 4.69) is 30.0 Å². The van der Waals surface area contributed by atoms with Crippen LogP contribution in [0.4, 0.5) is 13.2 Å². The van der Waals surface area contributed by atoms with Gasteiger partial charge >= 0.3 is 6.18 Å². The van der Waals surface area contributed by atoms with Crippen molar-refractivity contribution in [2.75, 3.05) is 0 Å². The van der Waals surface area contributed by atoms with E-state index >= 15 is 0 Å². The molecule has 22 heavy (non-hydrogen) atoms. The lowest BCUT2D eigenvalue weighted by molar-refractivity contribution is -0.137. The van der Waals surface area contributed by atoms with Crippen LogP contribution in [-0.4, -0.2) is 0 Å². The van der Waals surface area contributed by atoms with Crippen molar-refractivity contribution in [3.63, 3.8) is 0 Å². The van der Waals surface area contributed by atoms with Crippen LogP contribution in [0.5, 0.6) is 0 Å². The Morgan fingerprint density at radius 2 is 1.59 bits per heavy atom. The standard InChI is InChI=1S/C16H20F3N3/c1-10(2)14-8-9-15(22-21-14)20-11(3)12-4-6-13(7-5-12)16(17,18)19/h4-11,20-22H,1-3H3/t11-/m0/s1. The molecule has 1 aromatic rings. The summed E-state index contributed by atoms with van der Waals surface area (Å²) in [6, 6.07) is 5.08. The van der Waals surface area contributed by atoms with Crippen LogP contribution in [0.2, 0.25) is 0 Å². The number of alkyl halides is 3. The van der Waals surface area contributed by atoms with Gasteiger partial charge < -0.3 is 10.7 Å². The molecular weight excluding hydrogens is 291 g/mol. The van der Waals surface area contributed by atoms with E-state index in [-0.39, 0.29) is 6.04 Å². The fourth-order valence-electron chi connectivity index (χ4n) is 2.09. The highest BCUT2D eigenvalue weighted by Crippen LogP contribution is 2.30. The first-order valence-corrected chi connectivity index (χ1v) is 7.15. The van der Waals surface area contributed by atoms with Gasteiger partial charge in [0, 0.05) is 11.7 Å². The van der Waals surface area contributed by atoms with Gasteiger partial charge in [0.25, 0.3) is 0 Å². The quantitative estimate of drug-likeness (QED) is 0.790. The Labute approximate surface area is 128 Å². The largest absolute Gasteiger partial charge is 0.416 e. The minimum Gasteiger partial charge on any atom is -0.364 e. The molecule has 0 bridgehead atoms. The topological polar surface area (TPSA) is 36.1 Å². The van der Waals surface area contributed by atoms with Gasteiger partial charge in [0.2, 0.25) is 0 Å². The first-order chi connectivity index (χ1) is 10.3. The molecule has 1 heterocycles. The van der Waals surface area contributed by atoms with Gasteiger partial charge in [-0.25, -0.2) is 0 Å². The monoisotopic (exact) mass is 311 g/mol. The van der Waals surface area contributed by atoms with Crippen molar-refractivity contribution >= 4 is 0 Å². The Morgan fingerprint density at radius 1 is 0.955 bits per heavy atom. The second-order valence-electron chi connectivity index (χ2n) is 5.59. The van der Waals surface area contributed by atoms with Crippen molar-refractivity contribution in [1.82, 2.24) is 16.2 Å². The molecule has 0 amide bonds. The minimum atomic E-state index is -4.30. The Kier molecular flexibility index (Phi) is 4.68. The molecule has 0 spiro atoms. The molecule has 1 aromatic carbocycles. The van der Waals surface area contributed by atoms with Crippen LogP contribution >= 0.6 is 0 Å². The second kappa shape index (κ2) is 6.34. The average molecular weight is 311 g/mol. The normalized spacial score (nSPS) is 16.3. The Hall–Kier alpha value is -2.11. The van der Waals surface area contributed by atoms with E-state index in [9.17, 15) is 13.2 Å². The number of rotatable bonds is 4. The van der Waals surface area contributed by atoms with Crippen molar-refractivity contribution in [3.8, 4) is 0 Å². The fraction of sp³-hybridized carbons (Fsp3) is 0.375. The van der Waals surface area contributed by atoms with Crippen LogP contribution in [0, 0.1) is 5.92 Å². The molecule has 1 aliphatic heterocycles. The van der Waals surface area contributed by atoms with Crippen LogP contribution in [0.15, 0.2) is 47.9 Å². The number of benzene rings is 1. The van der Waals surface area contributed by atoms with Crippen molar-refractivity contribution in [2.24, 2.45) is 5.92 Å². The fourth-order valence-corrected chi connectivity index (χ4v) is 2.09. The van der Waals surface area contributed by atoms with Gasteiger partial charge in [0.15, 0.2) is 0 Å². The zero-order valence-corrected chi connectivity index (χ0v) is 12.8. The highest BCUT2D eigenvalue weighted by Gasteiger charge is 2.30. The van der Waals surface area contributed by atoms with Gasteiger partial charge in [-0.15, -0.1) is 0 Å². The maximum absolute atomic E-state index is 12.5. The van der Waals surface area contributed by atoms with E-state index in [1.54, 1.807) is 0 Å².